The number of rotatable bonds is 17. The molecular formula is C42H49ClN4O6. The molecule has 4 aromatic rings. The first-order chi connectivity index (χ1) is 25.5. The van der Waals surface area contributed by atoms with Gasteiger partial charge in [-0.25, -0.2) is 0 Å². The highest BCUT2D eigenvalue weighted by molar-refractivity contribution is 6.33. The van der Waals surface area contributed by atoms with E-state index in [9.17, 15) is 20.3 Å². The average molecular weight is 741 g/mol. The Morgan fingerprint density at radius 1 is 0.962 bits per heavy atom. The van der Waals surface area contributed by atoms with Crippen molar-refractivity contribution in [3.63, 3.8) is 0 Å². The number of ether oxygens (including phenoxy) is 3. The Labute approximate surface area is 317 Å². The molecule has 2 heterocycles. The van der Waals surface area contributed by atoms with Crippen molar-refractivity contribution in [1.82, 2.24) is 14.8 Å². The van der Waals surface area contributed by atoms with Gasteiger partial charge in [0.25, 0.3) is 0 Å². The predicted molar refractivity (Wildman–Crippen MR) is 206 cm³/mol. The van der Waals surface area contributed by atoms with Gasteiger partial charge in [-0.15, -0.1) is 0 Å². The highest BCUT2D eigenvalue weighted by atomic mass is 35.5. The summed E-state index contributed by atoms with van der Waals surface area (Å²) in [5, 5.41) is 29.6. The smallest absolute Gasteiger partial charge is 0.326 e. The van der Waals surface area contributed by atoms with Crippen LogP contribution in [0.1, 0.15) is 65.1 Å². The number of nitrogens with zero attached hydrogens (tertiary/aromatic N) is 4. The Morgan fingerprint density at radius 2 is 1.66 bits per heavy atom. The molecule has 1 aliphatic heterocycles. The molecule has 0 bridgehead atoms. The van der Waals surface area contributed by atoms with Crippen LogP contribution in [0.2, 0.25) is 5.02 Å². The molecule has 2 N–H and O–H groups in total. The Morgan fingerprint density at radius 3 is 2.36 bits per heavy atom. The number of likely N-dealkylation sites (N-methyl/N-ethyl adjacent to an activating group) is 1. The number of pyridine rings is 1. The van der Waals surface area contributed by atoms with Gasteiger partial charge >= 0.3 is 5.97 Å². The van der Waals surface area contributed by atoms with Crippen molar-refractivity contribution < 1.29 is 29.2 Å². The number of benzene rings is 3. The summed E-state index contributed by atoms with van der Waals surface area (Å²) in [5.74, 6) is 0.569. The van der Waals surface area contributed by atoms with Crippen LogP contribution in [0, 0.1) is 32.1 Å². The number of aliphatic hydroxyl groups is 1. The van der Waals surface area contributed by atoms with Crippen molar-refractivity contribution >= 4 is 17.6 Å². The van der Waals surface area contributed by atoms with E-state index in [0.717, 1.165) is 46.5 Å². The number of halogens is 1. The minimum absolute atomic E-state index is 0.0949. The number of hydrogen-bond donors (Lipinski definition) is 2. The lowest BCUT2D eigenvalue weighted by Gasteiger charge is -2.34. The van der Waals surface area contributed by atoms with E-state index in [0.29, 0.717) is 45.4 Å². The third-order valence-corrected chi connectivity index (χ3v) is 10.8. The number of likely N-dealkylation sites (tertiary alicyclic amines) is 1. The fourth-order valence-electron chi connectivity index (χ4n) is 6.58. The molecule has 0 aliphatic carbocycles. The molecule has 0 amide bonds. The number of carboxylic acid groups (broad SMARTS) is 1. The van der Waals surface area contributed by atoms with Crippen LogP contribution < -0.4 is 14.2 Å². The molecule has 10 nitrogen and oxygen atoms in total. The van der Waals surface area contributed by atoms with E-state index in [1.807, 2.05) is 31.2 Å². The van der Waals surface area contributed by atoms with Gasteiger partial charge in [-0.2, -0.15) is 5.26 Å². The molecule has 3 aromatic carbocycles. The lowest BCUT2D eigenvalue weighted by molar-refractivity contribution is -0.152. The van der Waals surface area contributed by atoms with Crippen molar-refractivity contribution in [2.45, 2.75) is 72.3 Å². The number of nitriles is 1. The van der Waals surface area contributed by atoms with Gasteiger partial charge in [-0.1, -0.05) is 41.9 Å². The van der Waals surface area contributed by atoms with E-state index >= 15 is 0 Å². The topological polar surface area (TPSA) is 128 Å². The van der Waals surface area contributed by atoms with Crippen LogP contribution in [0.25, 0.3) is 11.1 Å². The van der Waals surface area contributed by atoms with E-state index < -0.39 is 18.1 Å². The molecule has 11 heteroatoms. The van der Waals surface area contributed by atoms with E-state index in [4.69, 9.17) is 25.8 Å². The first kappa shape index (κ1) is 39.5. The lowest BCUT2D eigenvalue weighted by atomic mass is 9.93. The average Bonchev–Trinajstić information content (AvgIpc) is 3.69. The molecule has 280 valence electrons. The maximum Gasteiger partial charge on any atom is 0.326 e. The van der Waals surface area contributed by atoms with Crippen molar-refractivity contribution in [3.05, 3.63) is 105 Å². The third kappa shape index (κ3) is 9.29. The number of hydrogen-bond acceptors (Lipinski definition) is 9. The molecule has 0 saturated carbocycles. The van der Waals surface area contributed by atoms with Crippen LogP contribution in [0.3, 0.4) is 0 Å². The van der Waals surface area contributed by atoms with Crippen molar-refractivity contribution in [2.75, 3.05) is 39.9 Å². The van der Waals surface area contributed by atoms with Gasteiger partial charge in [-0.3, -0.25) is 14.7 Å². The van der Waals surface area contributed by atoms with Crippen LogP contribution in [0.15, 0.2) is 60.9 Å². The molecular weight excluding hydrogens is 692 g/mol. The molecule has 1 aromatic heterocycles. The molecule has 1 saturated heterocycles. The summed E-state index contributed by atoms with van der Waals surface area (Å²) in [6.07, 6.45) is 6.67. The van der Waals surface area contributed by atoms with Gasteiger partial charge in [0.2, 0.25) is 0 Å². The second-order valence-corrected chi connectivity index (χ2v) is 14.3. The van der Waals surface area contributed by atoms with E-state index in [-0.39, 0.29) is 19.8 Å². The highest BCUT2D eigenvalue weighted by Crippen LogP contribution is 2.40. The molecule has 5 rings (SSSR count). The first-order valence-electron chi connectivity index (χ1n) is 18.0. The summed E-state index contributed by atoms with van der Waals surface area (Å²) in [6.45, 7) is 11.4. The summed E-state index contributed by atoms with van der Waals surface area (Å²) < 4.78 is 19.0. The quantitative estimate of drug-likeness (QED) is 0.105. The van der Waals surface area contributed by atoms with Gasteiger partial charge in [0.15, 0.2) is 0 Å². The van der Waals surface area contributed by atoms with Crippen LogP contribution in [-0.2, 0) is 24.6 Å². The van der Waals surface area contributed by atoms with Gasteiger partial charge in [0.05, 0.1) is 23.8 Å². The monoisotopic (exact) mass is 740 g/mol. The second-order valence-electron chi connectivity index (χ2n) is 13.9. The van der Waals surface area contributed by atoms with Crippen LogP contribution >= 0.6 is 11.6 Å². The largest absolute Gasteiger partial charge is 0.493 e. The van der Waals surface area contributed by atoms with Gasteiger partial charge in [0, 0.05) is 42.7 Å². The molecule has 0 unspecified atom stereocenters. The summed E-state index contributed by atoms with van der Waals surface area (Å²) in [5.41, 5.74) is 6.18. The zero-order chi connectivity index (χ0) is 38.1. The maximum atomic E-state index is 12.1. The minimum atomic E-state index is -1.55. The van der Waals surface area contributed by atoms with Gasteiger partial charge < -0.3 is 29.3 Å². The summed E-state index contributed by atoms with van der Waals surface area (Å²) in [4.78, 5) is 20.3. The highest BCUT2D eigenvalue weighted by Gasteiger charge is 2.38. The third-order valence-electron chi connectivity index (χ3n) is 10.4. The maximum absolute atomic E-state index is 12.1. The molecule has 1 aliphatic rings. The van der Waals surface area contributed by atoms with Gasteiger partial charge in [-0.05, 0) is 113 Å². The van der Waals surface area contributed by atoms with Crippen molar-refractivity contribution in [1.29, 1.82) is 5.26 Å². The van der Waals surface area contributed by atoms with E-state index in [2.05, 4.69) is 41.9 Å². The lowest BCUT2D eigenvalue weighted by Crippen LogP contribution is -2.53. The normalized spacial score (nSPS) is 14.2. The molecule has 53 heavy (non-hydrogen) atoms. The number of aromatic nitrogens is 1. The first-order valence-corrected chi connectivity index (χ1v) is 18.3. The van der Waals surface area contributed by atoms with Crippen LogP contribution in [0.4, 0.5) is 0 Å². The van der Waals surface area contributed by atoms with Crippen molar-refractivity contribution in [3.8, 4) is 34.4 Å². The standard InChI is InChI=1S/C42H49ClN4O6/c1-28-33(11-8-12-34(28)35-13-9-14-37(29(35)2)51-18-10-17-47-15-6-7-16-47)26-53-39-20-38(52-25-32-19-31(21-44)22-45-23-32)36(30(3)40(39)43)24-46(5)42(4,27-48)41(49)50/h8-9,11-14,19-20,22-23,48H,6-7,10,15-18,24-27H2,1-5H3,(H,49,50)/t42-/m0/s1. The molecule has 0 radical (unpaired) electrons. The summed E-state index contributed by atoms with van der Waals surface area (Å²) >= 11 is 6.95. The molecule has 1 fully saturated rings. The fourth-order valence-corrected chi connectivity index (χ4v) is 6.80. The summed E-state index contributed by atoms with van der Waals surface area (Å²) in [7, 11) is 1.63. The zero-order valence-corrected chi connectivity index (χ0v) is 32.0. The van der Waals surface area contributed by atoms with E-state index in [1.165, 1.54) is 39.1 Å². The van der Waals surface area contributed by atoms with Crippen molar-refractivity contribution in [2.24, 2.45) is 0 Å². The zero-order valence-electron chi connectivity index (χ0n) is 31.2. The Bertz CT molecular complexity index is 1960. The van der Waals surface area contributed by atoms with Crippen LogP contribution in [-0.4, -0.2) is 76.4 Å². The number of carboxylic acids is 1. The Kier molecular flexibility index (Phi) is 13.4. The Balaban J connectivity index is 1.38. The minimum Gasteiger partial charge on any atom is -0.493 e. The van der Waals surface area contributed by atoms with Gasteiger partial charge in [0.1, 0.15) is 42.1 Å². The van der Waals surface area contributed by atoms with Crippen LogP contribution in [0.5, 0.6) is 17.2 Å². The SMILES string of the molecule is Cc1c(COc2cc(OCc3cncc(C#N)c3)c(CN(C)[C@@](C)(CO)C(=O)O)c(C)c2Cl)cccc1-c1cccc(OCCCN2CCCC2)c1C. The van der Waals surface area contributed by atoms with E-state index in [1.54, 1.807) is 30.3 Å². The fraction of sp³-hybridized carbons (Fsp3) is 0.405. The predicted octanol–water partition coefficient (Wildman–Crippen LogP) is 7.49. The Hall–Kier alpha value is -4.66. The molecule has 1 atom stereocenters. The second kappa shape index (κ2) is 17.9. The summed E-state index contributed by atoms with van der Waals surface area (Å²) in [6, 6.07) is 17.9. The number of aliphatic carboxylic acids is 1. The number of aliphatic hydroxyl groups excluding tert-OH is 1. The number of carbonyl (C=O) groups is 1. The molecule has 0 spiro atoms.